The molecule has 6 rings (SSSR count). The molecule has 2 aliphatic rings. The summed E-state index contributed by atoms with van der Waals surface area (Å²) >= 11 is 0. The minimum atomic E-state index is -1.45. The Balaban J connectivity index is 1.57. The molecular weight excluding hydrogens is 501 g/mol. The number of amides is 1. The topological polar surface area (TPSA) is 125 Å². The number of ether oxygens (including phenoxy) is 2. The highest BCUT2D eigenvalue weighted by molar-refractivity contribution is 5.95. The fourth-order valence-electron chi connectivity index (χ4n) is 5.51. The van der Waals surface area contributed by atoms with Crippen LogP contribution < -0.4 is 15.2 Å². The summed E-state index contributed by atoms with van der Waals surface area (Å²) in [7, 11) is 1.52. The number of hydrogen-bond acceptors (Lipinski definition) is 7. The second-order valence-corrected chi connectivity index (χ2v) is 10.4. The van der Waals surface area contributed by atoms with Crippen molar-refractivity contribution in [2.75, 3.05) is 13.7 Å². The predicted octanol–water partition coefficient (Wildman–Crippen LogP) is 3.58. The van der Waals surface area contributed by atoms with E-state index in [2.05, 4.69) is 10.2 Å². The maximum atomic E-state index is 13.8. The van der Waals surface area contributed by atoms with Crippen LogP contribution in [0.25, 0.3) is 11.3 Å². The van der Waals surface area contributed by atoms with E-state index in [0.29, 0.717) is 40.6 Å². The molecule has 0 spiro atoms. The van der Waals surface area contributed by atoms with E-state index in [9.17, 15) is 14.3 Å². The fraction of sp³-hybridized carbons (Fsp3) is 0.310. The number of fused-ring (bicyclic) bond motifs is 1. The van der Waals surface area contributed by atoms with E-state index < -0.39 is 17.0 Å². The average molecular weight is 530 g/mol. The van der Waals surface area contributed by atoms with Gasteiger partial charge in [-0.2, -0.15) is 0 Å². The Morgan fingerprint density at radius 3 is 2.59 bits per heavy atom. The van der Waals surface area contributed by atoms with Crippen molar-refractivity contribution in [2.45, 2.75) is 37.3 Å². The number of hydrogen-bond donors (Lipinski definition) is 2. The number of nitrogens with zero attached hydrogens (tertiary/aromatic N) is 4. The summed E-state index contributed by atoms with van der Waals surface area (Å²) in [6, 6.07) is 12.9. The highest BCUT2D eigenvalue weighted by Gasteiger charge is 2.49. The Bertz CT molecular complexity index is 1550. The number of halogens is 1. The number of aromatic nitrogens is 4. The summed E-state index contributed by atoms with van der Waals surface area (Å²) in [5.41, 5.74) is 6.75. The molecule has 1 fully saturated rings. The SMILES string of the molecule is COc1cccc(C(N)=O)c1C[C@@](O)(c1cc2c(c(-c3ccc(F)cc3)n1)OC[C@]2(C)n1cnnc1)C1CC1. The van der Waals surface area contributed by atoms with Crippen LogP contribution in [0.3, 0.4) is 0 Å². The van der Waals surface area contributed by atoms with E-state index in [1.165, 1.54) is 19.2 Å². The monoisotopic (exact) mass is 529 g/mol. The lowest BCUT2D eigenvalue weighted by Gasteiger charge is -2.31. The van der Waals surface area contributed by atoms with E-state index in [-0.39, 0.29) is 23.7 Å². The van der Waals surface area contributed by atoms with Gasteiger partial charge in [-0.05, 0) is 68.1 Å². The molecule has 3 N–H and O–H groups in total. The van der Waals surface area contributed by atoms with Crippen LogP contribution in [0.2, 0.25) is 0 Å². The van der Waals surface area contributed by atoms with Gasteiger partial charge in [0.2, 0.25) is 5.91 Å². The zero-order valence-corrected chi connectivity index (χ0v) is 21.6. The van der Waals surface area contributed by atoms with Crippen LogP contribution in [0.15, 0.2) is 61.2 Å². The summed E-state index contributed by atoms with van der Waals surface area (Å²) in [6.45, 7) is 2.29. The number of pyridine rings is 1. The molecule has 2 aromatic heterocycles. The number of aliphatic hydroxyl groups is 1. The lowest BCUT2D eigenvalue weighted by atomic mass is 9.82. The molecule has 0 radical (unpaired) electrons. The molecule has 1 aliphatic heterocycles. The molecule has 0 unspecified atom stereocenters. The van der Waals surface area contributed by atoms with Gasteiger partial charge in [0.1, 0.15) is 47.7 Å². The molecule has 4 aromatic rings. The summed E-state index contributed by atoms with van der Waals surface area (Å²) in [6.07, 6.45) is 4.90. The third kappa shape index (κ3) is 4.11. The number of primary amides is 1. The van der Waals surface area contributed by atoms with Gasteiger partial charge >= 0.3 is 0 Å². The molecule has 9 nitrogen and oxygen atoms in total. The minimum absolute atomic E-state index is 0.0683. The smallest absolute Gasteiger partial charge is 0.249 e. The molecule has 10 heteroatoms. The lowest BCUT2D eigenvalue weighted by molar-refractivity contribution is 0.00818. The molecule has 2 aromatic carbocycles. The first kappa shape index (κ1) is 25.0. The molecular formula is C29H28FN5O4. The van der Waals surface area contributed by atoms with Crippen molar-refractivity contribution >= 4 is 5.91 Å². The van der Waals surface area contributed by atoms with Crippen LogP contribution in [0, 0.1) is 11.7 Å². The van der Waals surface area contributed by atoms with Gasteiger partial charge in [0.05, 0.1) is 12.8 Å². The molecule has 39 heavy (non-hydrogen) atoms. The molecule has 3 heterocycles. The zero-order chi connectivity index (χ0) is 27.4. The van der Waals surface area contributed by atoms with Crippen molar-refractivity contribution in [1.29, 1.82) is 0 Å². The van der Waals surface area contributed by atoms with Crippen molar-refractivity contribution < 1.29 is 23.8 Å². The number of carbonyl (C=O) groups is 1. The third-order valence-corrected chi connectivity index (χ3v) is 7.92. The molecule has 0 saturated heterocycles. The van der Waals surface area contributed by atoms with E-state index in [4.69, 9.17) is 20.2 Å². The van der Waals surface area contributed by atoms with Gasteiger partial charge in [0.25, 0.3) is 0 Å². The summed E-state index contributed by atoms with van der Waals surface area (Å²) in [5.74, 6) is -0.0630. The van der Waals surface area contributed by atoms with Gasteiger partial charge < -0.3 is 24.9 Å². The predicted molar refractivity (Wildman–Crippen MR) is 140 cm³/mol. The van der Waals surface area contributed by atoms with E-state index in [0.717, 1.165) is 18.4 Å². The molecule has 1 amide bonds. The average Bonchev–Trinajstić information content (AvgIpc) is 3.54. The first-order chi connectivity index (χ1) is 18.7. The molecule has 200 valence electrons. The molecule has 1 aliphatic carbocycles. The Hall–Kier alpha value is -4.31. The van der Waals surface area contributed by atoms with Gasteiger partial charge in [-0.25, -0.2) is 9.37 Å². The van der Waals surface area contributed by atoms with Crippen molar-refractivity contribution in [2.24, 2.45) is 11.7 Å². The van der Waals surface area contributed by atoms with E-state index >= 15 is 0 Å². The fourth-order valence-corrected chi connectivity index (χ4v) is 5.51. The lowest BCUT2D eigenvalue weighted by Crippen LogP contribution is -2.35. The highest BCUT2D eigenvalue weighted by Crippen LogP contribution is 2.52. The number of methoxy groups -OCH3 is 1. The maximum Gasteiger partial charge on any atom is 0.249 e. The molecule has 1 saturated carbocycles. The van der Waals surface area contributed by atoms with Gasteiger partial charge in [-0.15, -0.1) is 10.2 Å². The molecule has 2 atom stereocenters. The van der Waals surface area contributed by atoms with E-state index in [1.807, 2.05) is 17.6 Å². The van der Waals surface area contributed by atoms with Crippen molar-refractivity contribution in [3.8, 4) is 22.8 Å². The van der Waals surface area contributed by atoms with Gasteiger partial charge in [-0.3, -0.25) is 4.79 Å². The molecule has 0 bridgehead atoms. The highest BCUT2D eigenvalue weighted by atomic mass is 19.1. The van der Waals surface area contributed by atoms with Gasteiger partial charge in [0, 0.05) is 28.7 Å². The number of nitrogens with two attached hydrogens (primary N) is 1. The normalized spacial score (nSPS) is 19.7. The first-order valence-electron chi connectivity index (χ1n) is 12.7. The standard InChI is InChI=1S/C29H28FN5O4/c1-28(35-15-32-33-16-35)14-39-26-22(28)12-24(34-25(26)17-6-10-19(30)11-7-17)29(37,18-8-9-18)13-21-20(27(31)36)4-3-5-23(21)38-2/h3-7,10-12,15-16,18,37H,8-9,13-14H2,1-2H3,(H2,31,36)/t28-,29-/m0/s1. The Morgan fingerprint density at radius 2 is 1.95 bits per heavy atom. The quantitative estimate of drug-likeness (QED) is 0.357. The number of carbonyl (C=O) groups excluding carboxylic acids is 1. The number of benzene rings is 2. The Labute approximate surface area is 224 Å². The van der Waals surface area contributed by atoms with Crippen LogP contribution in [0.4, 0.5) is 4.39 Å². The van der Waals surface area contributed by atoms with Crippen molar-refractivity contribution in [1.82, 2.24) is 19.7 Å². The van der Waals surface area contributed by atoms with Crippen LogP contribution >= 0.6 is 0 Å². The third-order valence-electron chi connectivity index (χ3n) is 7.92. The van der Waals surface area contributed by atoms with Crippen molar-refractivity contribution in [3.05, 3.63) is 89.4 Å². The van der Waals surface area contributed by atoms with Crippen LogP contribution in [-0.2, 0) is 17.6 Å². The second kappa shape index (κ2) is 9.16. The Morgan fingerprint density at radius 1 is 1.23 bits per heavy atom. The van der Waals surface area contributed by atoms with Gasteiger partial charge in [-0.1, -0.05) is 6.07 Å². The van der Waals surface area contributed by atoms with Crippen LogP contribution in [0.1, 0.15) is 46.9 Å². The van der Waals surface area contributed by atoms with Crippen LogP contribution in [-0.4, -0.2) is 44.5 Å². The van der Waals surface area contributed by atoms with E-state index in [1.54, 1.807) is 43.0 Å². The minimum Gasteiger partial charge on any atom is -0.496 e. The summed E-state index contributed by atoms with van der Waals surface area (Å²) < 4.78 is 27.5. The number of rotatable bonds is 8. The summed E-state index contributed by atoms with van der Waals surface area (Å²) in [5, 5.41) is 20.4. The summed E-state index contributed by atoms with van der Waals surface area (Å²) in [4.78, 5) is 17.3. The Kier molecular flexibility index (Phi) is 5.87. The zero-order valence-electron chi connectivity index (χ0n) is 21.6. The second-order valence-electron chi connectivity index (χ2n) is 10.4. The van der Waals surface area contributed by atoms with Crippen molar-refractivity contribution in [3.63, 3.8) is 0 Å². The first-order valence-corrected chi connectivity index (χ1v) is 12.7. The largest absolute Gasteiger partial charge is 0.496 e. The maximum absolute atomic E-state index is 13.8. The van der Waals surface area contributed by atoms with Gasteiger partial charge in [0.15, 0.2) is 5.75 Å². The van der Waals surface area contributed by atoms with Crippen LogP contribution in [0.5, 0.6) is 11.5 Å².